The SMILES string of the molecule is CC[C@@H]1C2C[C@H](O)CC[C@]2(C)C2CC[C@@]3(C)C(CC[C@@H]3[C@H](C)CCOC(=O)N3CCC(CC)(CO)CC3)C2[C@@H]1O. The average molecular weight is 562 g/mol. The summed E-state index contributed by atoms with van der Waals surface area (Å²) in [5.41, 5.74) is 0.450. The first-order valence-corrected chi connectivity index (χ1v) is 16.9. The molecule has 1 aliphatic heterocycles. The third-order valence-corrected chi connectivity index (χ3v) is 14.1. The fourth-order valence-corrected chi connectivity index (χ4v) is 11.3. The molecule has 0 aromatic heterocycles. The molecular formula is C34H59NO5. The minimum Gasteiger partial charge on any atom is -0.449 e. The molecule has 0 spiro atoms. The summed E-state index contributed by atoms with van der Waals surface area (Å²) in [6.45, 7) is 13.8. The number of piperidine rings is 1. The highest BCUT2D eigenvalue weighted by Gasteiger charge is 2.64. The van der Waals surface area contributed by atoms with Gasteiger partial charge in [-0.3, -0.25) is 0 Å². The first kappa shape index (κ1) is 30.6. The van der Waals surface area contributed by atoms with Crippen molar-refractivity contribution < 1.29 is 24.9 Å². The highest BCUT2D eigenvalue weighted by molar-refractivity contribution is 5.67. The molecular weight excluding hydrogens is 502 g/mol. The van der Waals surface area contributed by atoms with Crippen molar-refractivity contribution in [1.29, 1.82) is 0 Å². The quantitative estimate of drug-likeness (QED) is 0.341. The Balaban J connectivity index is 1.20. The summed E-state index contributed by atoms with van der Waals surface area (Å²) in [6.07, 6.45) is 11.7. The maximum absolute atomic E-state index is 12.8. The van der Waals surface area contributed by atoms with E-state index in [-0.39, 0.29) is 41.2 Å². The molecule has 1 saturated heterocycles. The lowest BCUT2D eigenvalue weighted by Crippen LogP contribution is -2.62. The maximum atomic E-state index is 12.8. The molecule has 6 heteroatoms. The predicted molar refractivity (Wildman–Crippen MR) is 158 cm³/mol. The summed E-state index contributed by atoms with van der Waals surface area (Å²) in [5.74, 6) is 3.34. The van der Waals surface area contributed by atoms with Gasteiger partial charge in [0.1, 0.15) is 0 Å². The monoisotopic (exact) mass is 561 g/mol. The van der Waals surface area contributed by atoms with Crippen LogP contribution in [0.15, 0.2) is 0 Å². The number of ether oxygens (including phenoxy) is 1. The summed E-state index contributed by atoms with van der Waals surface area (Å²) < 4.78 is 5.79. The Morgan fingerprint density at radius 2 is 1.62 bits per heavy atom. The second-order valence-corrected chi connectivity index (χ2v) is 15.5. The molecule has 3 N–H and O–H groups in total. The number of likely N-dealkylation sites (tertiary alicyclic amines) is 1. The zero-order valence-corrected chi connectivity index (χ0v) is 26.1. The Hall–Kier alpha value is -0.850. The van der Waals surface area contributed by atoms with Crippen LogP contribution in [0, 0.1) is 57.7 Å². The van der Waals surface area contributed by atoms with Gasteiger partial charge in [0, 0.05) is 19.7 Å². The molecule has 6 nitrogen and oxygen atoms in total. The van der Waals surface area contributed by atoms with Crippen molar-refractivity contribution in [2.45, 2.75) is 124 Å². The summed E-state index contributed by atoms with van der Waals surface area (Å²) in [4.78, 5) is 14.6. The van der Waals surface area contributed by atoms with Gasteiger partial charge in [0.2, 0.25) is 0 Å². The zero-order valence-electron chi connectivity index (χ0n) is 26.1. The Kier molecular flexibility index (Phi) is 8.93. The van der Waals surface area contributed by atoms with E-state index in [1.54, 1.807) is 0 Å². The molecule has 1 amide bonds. The van der Waals surface area contributed by atoms with Gasteiger partial charge in [-0.15, -0.1) is 0 Å². The van der Waals surface area contributed by atoms with Gasteiger partial charge in [-0.05, 0) is 128 Å². The van der Waals surface area contributed by atoms with E-state index < -0.39 is 0 Å². The molecule has 230 valence electrons. The zero-order chi connectivity index (χ0) is 28.9. The summed E-state index contributed by atoms with van der Waals surface area (Å²) in [6, 6.07) is 0. The van der Waals surface area contributed by atoms with E-state index >= 15 is 0 Å². The van der Waals surface area contributed by atoms with Gasteiger partial charge in [-0.25, -0.2) is 4.79 Å². The number of carbonyl (C=O) groups excluding carboxylic acids is 1. The topological polar surface area (TPSA) is 90.2 Å². The Labute approximate surface area is 243 Å². The number of hydrogen-bond acceptors (Lipinski definition) is 5. The van der Waals surface area contributed by atoms with Crippen molar-refractivity contribution in [2.75, 3.05) is 26.3 Å². The van der Waals surface area contributed by atoms with Crippen LogP contribution < -0.4 is 0 Å². The van der Waals surface area contributed by atoms with Gasteiger partial charge in [0.25, 0.3) is 0 Å². The van der Waals surface area contributed by atoms with E-state index in [0.29, 0.717) is 61.1 Å². The first-order chi connectivity index (χ1) is 19.0. The van der Waals surface area contributed by atoms with Crippen LogP contribution in [0.5, 0.6) is 0 Å². The van der Waals surface area contributed by atoms with Gasteiger partial charge in [-0.2, -0.15) is 0 Å². The number of aliphatic hydroxyl groups excluding tert-OH is 3. The van der Waals surface area contributed by atoms with Gasteiger partial charge >= 0.3 is 6.09 Å². The van der Waals surface area contributed by atoms with E-state index in [4.69, 9.17) is 4.74 Å². The lowest BCUT2D eigenvalue weighted by Gasteiger charge is -2.64. The van der Waals surface area contributed by atoms with Crippen LogP contribution in [-0.2, 0) is 4.74 Å². The lowest BCUT2D eigenvalue weighted by molar-refractivity contribution is -0.203. The summed E-state index contributed by atoms with van der Waals surface area (Å²) >= 11 is 0. The van der Waals surface area contributed by atoms with Gasteiger partial charge in [-0.1, -0.05) is 41.0 Å². The molecule has 4 aliphatic carbocycles. The van der Waals surface area contributed by atoms with E-state index in [2.05, 4.69) is 34.6 Å². The van der Waals surface area contributed by atoms with E-state index in [1.165, 1.54) is 25.7 Å². The smallest absolute Gasteiger partial charge is 0.409 e. The fourth-order valence-electron chi connectivity index (χ4n) is 11.3. The summed E-state index contributed by atoms with van der Waals surface area (Å²) in [7, 11) is 0. The number of rotatable bonds is 7. The Bertz CT molecular complexity index is 882. The van der Waals surface area contributed by atoms with E-state index in [0.717, 1.165) is 51.4 Å². The van der Waals surface area contributed by atoms with Crippen LogP contribution in [-0.4, -0.2) is 64.8 Å². The molecule has 4 saturated carbocycles. The number of hydrogen-bond donors (Lipinski definition) is 3. The number of carbonyl (C=O) groups is 1. The van der Waals surface area contributed by atoms with Crippen molar-refractivity contribution in [3.05, 3.63) is 0 Å². The molecule has 4 unspecified atom stereocenters. The van der Waals surface area contributed by atoms with Crippen molar-refractivity contribution in [1.82, 2.24) is 4.90 Å². The van der Waals surface area contributed by atoms with Crippen LogP contribution in [0.2, 0.25) is 0 Å². The molecule has 0 radical (unpaired) electrons. The molecule has 0 aromatic rings. The van der Waals surface area contributed by atoms with Crippen LogP contribution in [0.25, 0.3) is 0 Å². The van der Waals surface area contributed by atoms with Gasteiger partial charge < -0.3 is 25.0 Å². The highest BCUT2D eigenvalue weighted by atomic mass is 16.6. The Morgan fingerprint density at radius 3 is 2.27 bits per heavy atom. The average Bonchev–Trinajstić information content (AvgIpc) is 3.31. The molecule has 5 aliphatic rings. The first-order valence-electron chi connectivity index (χ1n) is 16.9. The molecule has 0 bridgehead atoms. The minimum atomic E-state index is -0.250. The second kappa shape index (κ2) is 11.7. The predicted octanol–water partition coefficient (Wildman–Crippen LogP) is 6.26. The lowest BCUT2D eigenvalue weighted by atomic mass is 9.41. The van der Waals surface area contributed by atoms with Gasteiger partial charge in [0.05, 0.1) is 18.8 Å². The highest BCUT2D eigenvalue weighted by Crippen LogP contribution is 2.69. The third kappa shape index (κ3) is 5.04. The number of nitrogens with zero attached hydrogens (tertiary/aromatic N) is 1. The molecule has 11 atom stereocenters. The van der Waals surface area contributed by atoms with E-state index in [9.17, 15) is 20.1 Å². The van der Waals surface area contributed by atoms with Crippen LogP contribution in [0.3, 0.4) is 0 Å². The van der Waals surface area contributed by atoms with Crippen molar-refractivity contribution in [3.8, 4) is 0 Å². The van der Waals surface area contributed by atoms with Gasteiger partial charge in [0.15, 0.2) is 0 Å². The molecule has 1 heterocycles. The molecule has 0 aromatic carbocycles. The molecule has 5 rings (SSSR count). The Morgan fingerprint density at radius 1 is 0.950 bits per heavy atom. The maximum Gasteiger partial charge on any atom is 0.409 e. The number of fused-ring (bicyclic) bond motifs is 5. The summed E-state index contributed by atoms with van der Waals surface area (Å²) in [5, 5.41) is 32.3. The van der Waals surface area contributed by atoms with E-state index in [1.807, 2.05) is 4.90 Å². The molecule has 40 heavy (non-hydrogen) atoms. The normalized spacial score (nSPS) is 45.2. The number of aliphatic hydroxyl groups is 3. The number of amides is 1. The third-order valence-electron chi connectivity index (χ3n) is 14.1. The van der Waals surface area contributed by atoms with Crippen molar-refractivity contribution in [3.63, 3.8) is 0 Å². The van der Waals surface area contributed by atoms with Crippen LogP contribution >= 0.6 is 0 Å². The largest absolute Gasteiger partial charge is 0.449 e. The minimum absolute atomic E-state index is 0.0294. The standard InChI is InChI=1S/C34H59NO5/c1-6-24-28-20-23(37)10-13-33(28,5)27-11-14-32(4)25(8-9-26(32)29(27)30(24)38)22(3)12-19-40-31(39)35-17-15-34(7-2,21-36)16-18-35/h22-30,36-38H,6-21H2,1-5H3/t22-,23-,24-,25-,26?,27?,28?,29?,30-,32-,33-/m1/s1. The van der Waals surface area contributed by atoms with Crippen LogP contribution in [0.1, 0.15) is 112 Å². The second-order valence-electron chi connectivity index (χ2n) is 15.5. The molecule has 5 fully saturated rings. The van der Waals surface area contributed by atoms with Crippen molar-refractivity contribution >= 4 is 6.09 Å². The fraction of sp³-hybridized carbons (Fsp3) is 0.971. The van der Waals surface area contributed by atoms with Crippen molar-refractivity contribution in [2.24, 2.45) is 57.7 Å². The van der Waals surface area contributed by atoms with Crippen LogP contribution in [0.4, 0.5) is 4.79 Å².